The zero-order valence-corrected chi connectivity index (χ0v) is 13.7. The van der Waals surface area contributed by atoms with E-state index < -0.39 is 0 Å². The van der Waals surface area contributed by atoms with Crippen molar-refractivity contribution in [3.63, 3.8) is 0 Å². The number of nitrogens with zero attached hydrogens (tertiary/aromatic N) is 1. The Balaban J connectivity index is 1.64. The molecule has 0 aromatic carbocycles. The number of piperidine rings is 1. The second-order valence-corrected chi connectivity index (χ2v) is 7.07. The van der Waals surface area contributed by atoms with Gasteiger partial charge in [-0.25, -0.2) is 0 Å². The van der Waals surface area contributed by atoms with Gasteiger partial charge in [0.15, 0.2) is 0 Å². The Kier molecular flexibility index (Phi) is 6.79. The molecule has 2 fully saturated rings. The smallest absolute Gasteiger partial charge is 0.0476 e. The van der Waals surface area contributed by atoms with Crippen LogP contribution >= 0.6 is 0 Å². The summed E-state index contributed by atoms with van der Waals surface area (Å²) in [5.74, 6) is 0.950. The average Bonchev–Trinajstić information content (AvgIpc) is 2.47. The molecule has 2 rings (SSSR count). The fourth-order valence-corrected chi connectivity index (χ4v) is 3.78. The van der Waals surface area contributed by atoms with E-state index in [1.165, 1.54) is 51.6 Å². The quantitative estimate of drug-likeness (QED) is 0.810. The van der Waals surface area contributed by atoms with E-state index in [4.69, 9.17) is 4.74 Å². The summed E-state index contributed by atoms with van der Waals surface area (Å²) < 4.78 is 5.16. The summed E-state index contributed by atoms with van der Waals surface area (Å²) in [5, 5.41) is 3.79. The van der Waals surface area contributed by atoms with Crippen molar-refractivity contribution >= 4 is 0 Å². The summed E-state index contributed by atoms with van der Waals surface area (Å²) in [4.78, 5) is 2.77. The van der Waals surface area contributed by atoms with Crippen LogP contribution in [0.15, 0.2) is 0 Å². The van der Waals surface area contributed by atoms with Crippen LogP contribution in [0.1, 0.15) is 58.8 Å². The number of hydrogen-bond acceptors (Lipinski definition) is 3. The minimum absolute atomic E-state index is 0.590. The first kappa shape index (κ1) is 16.3. The highest BCUT2D eigenvalue weighted by Gasteiger charge is 2.28. The van der Waals surface area contributed by atoms with E-state index in [-0.39, 0.29) is 0 Å². The standard InChI is InChI=1S/C17H34N2O/c1-14-8-11-19(12-9-14)17-6-4-16(5-7-17)18-15(2)10-13-20-3/h14-18H,4-13H2,1-3H3/t15-,16?,17?/m0/s1. The first-order valence-electron chi connectivity index (χ1n) is 8.68. The summed E-state index contributed by atoms with van der Waals surface area (Å²) >= 11 is 0. The minimum atomic E-state index is 0.590. The van der Waals surface area contributed by atoms with Gasteiger partial charge >= 0.3 is 0 Å². The normalized spacial score (nSPS) is 31.4. The molecule has 118 valence electrons. The third-order valence-electron chi connectivity index (χ3n) is 5.31. The summed E-state index contributed by atoms with van der Waals surface area (Å²) in [5.41, 5.74) is 0. The summed E-state index contributed by atoms with van der Waals surface area (Å²) in [6.45, 7) is 8.24. The lowest BCUT2D eigenvalue weighted by Gasteiger charge is -2.41. The lowest BCUT2D eigenvalue weighted by Crippen LogP contribution is -2.46. The molecule has 0 spiro atoms. The van der Waals surface area contributed by atoms with Crippen LogP contribution in [-0.4, -0.2) is 49.8 Å². The molecule has 0 bridgehead atoms. The first-order valence-corrected chi connectivity index (χ1v) is 8.68. The fourth-order valence-electron chi connectivity index (χ4n) is 3.78. The molecule has 0 amide bonds. The van der Waals surface area contributed by atoms with E-state index in [0.717, 1.165) is 31.0 Å². The average molecular weight is 282 g/mol. The molecule has 0 aromatic rings. The van der Waals surface area contributed by atoms with Gasteiger partial charge in [0.05, 0.1) is 0 Å². The maximum absolute atomic E-state index is 5.16. The molecule has 1 aliphatic carbocycles. The SMILES string of the molecule is COCC[C@H](C)NC1CCC(N2CCC(C)CC2)CC1. The van der Waals surface area contributed by atoms with Crippen LogP contribution in [0.25, 0.3) is 0 Å². The van der Waals surface area contributed by atoms with Gasteiger partial charge < -0.3 is 15.0 Å². The molecule has 0 aromatic heterocycles. The maximum atomic E-state index is 5.16. The van der Waals surface area contributed by atoms with Gasteiger partial charge in [-0.2, -0.15) is 0 Å². The van der Waals surface area contributed by atoms with Crippen molar-refractivity contribution < 1.29 is 4.74 Å². The van der Waals surface area contributed by atoms with E-state index in [1.807, 2.05) is 0 Å². The van der Waals surface area contributed by atoms with Crippen LogP contribution in [0.4, 0.5) is 0 Å². The van der Waals surface area contributed by atoms with Crippen molar-refractivity contribution in [3.8, 4) is 0 Å². The molecule has 1 aliphatic heterocycles. The lowest BCUT2D eigenvalue weighted by molar-refractivity contribution is 0.101. The van der Waals surface area contributed by atoms with Gasteiger partial charge in [0.1, 0.15) is 0 Å². The summed E-state index contributed by atoms with van der Waals surface area (Å²) in [6, 6.07) is 2.20. The monoisotopic (exact) mass is 282 g/mol. The lowest BCUT2D eigenvalue weighted by atomic mass is 9.87. The molecule has 1 saturated carbocycles. The van der Waals surface area contributed by atoms with Crippen molar-refractivity contribution in [2.24, 2.45) is 5.92 Å². The highest BCUT2D eigenvalue weighted by Crippen LogP contribution is 2.27. The molecule has 3 nitrogen and oxygen atoms in total. The first-order chi connectivity index (χ1) is 9.69. The Morgan fingerprint density at radius 1 is 1.10 bits per heavy atom. The van der Waals surface area contributed by atoms with Gasteiger partial charge in [0, 0.05) is 31.8 Å². The van der Waals surface area contributed by atoms with Gasteiger partial charge in [0.25, 0.3) is 0 Å². The van der Waals surface area contributed by atoms with Crippen LogP contribution in [0, 0.1) is 5.92 Å². The van der Waals surface area contributed by atoms with E-state index >= 15 is 0 Å². The molecule has 0 unspecified atom stereocenters. The molecule has 1 N–H and O–H groups in total. The molecule has 0 radical (unpaired) electrons. The predicted octanol–water partition coefficient (Wildman–Crippen LogP) is 3.04. The molecule has 2 aliphatic rings. The Bertz CT molecular complexity index is 256. The van der Waals surface area contributed by atoms with E-state index in [1.54, 1.807) is 7.11 Å². The number of ether oxygens (including phenoxy) is 1. The Morgan fingerprint density at radius 2 is 1.75 bits per heavy atom. The molecule has 20 heavy (non-hydrogen) atoms. The van der Waals surface area contributed by atoms with E-state index in [2.05, 4.69) is 24.1 Å². The van der Waals surface area contributed by atoms with E-state index in [0.29, 0.717) is 6.04 Å². The second kappa shape index (κ2) is 8.35. The highest BCUT2D eigenvalue weighted by molar-refractivity contribution is 4.85. The molecule has 1 atom stereocenters. The number of methoxy groups -OCH3 is 1. The number of rotatable bonds is 6. The third kappa shape index (κ3) is 5.01. The van der Waals surface area contributed by atoms with Crippen molar-refractivity contribution in [2.45, 2.75) is 76.9 Å². The van der Waals surface area contributed by atoms with Crippen molar-refractivity contribution in [1.29, 1.82) is 0 Å². The molecule has 1 heterocycles. The van der Waals surface area contributed by atoms with Gasteiger partial charge in [-0.15, -0.1) is 0 Å². The minimum Gasteiger partial charge on any atom is -0.385 e. The third-order valence-corrected chi connectivity index (χ3v) is 5.31. The van der Waals surface area contributed by atoms with Crippen LogP contribution < -0.4 is 5.32 Å². The Hall–Kier alpha value is -0.120. The molecular weight excluding hydrogens is 248 g/mol. The van der Waals surface area contributed by atoms with Gasteiger partial charge in [0.2, 0.25) is 0 Å². The van der Waals surface area contributed by atoms with E-state index in [9.17, 15) is 0 Å². The van der Waals surface area contributed by atoms with Crippen LogP contribution in [0.3, 0.4) is 0 Å². The maximum Gasteiger partial charge on any atom is 0.0476 e. The van der Waals surface area contributed by atoms with Crippen molar-refractivity contribution in [2.75, 3.05) is 26.8 Å². The van der Waals surface area contributed by atoms with Crippen molar-refractivity contribution in [3.05, 3.63) is 0 Å². The second-order valence-electron chi connectivity index (χ2n) is 7.07. The molecular formula is C17H34N2O. The molecule has 3 heteroatoms. The predicted molar refractivity (Wildman–Crippen MR) is 85.1 cm³/mol. The number of likely N-dealkylation sites (tertiary alicyclic amines) is 1. The zero-order valence-electron chi connectivity index (χ0n) is 13.7. The Morgan fingerprint density at radius 3 is 2.35 bits per heavy atom. The number of hydrogen-bond donors (Lipinski definition) is 1. The fraction of sp³-hybridized carbons (Fsp3) is 1.00. The Labute approximate surface area is 125 Å². The summed E-state index contributed by atoms with van der Waals surface area (Å²) in [6.07, 6.45) is 9.44. The van der Waals surface area contributed by atoms with Crippen LogP contribution in [0.2, 0.25) is 0 Å². The summed E-state index contributed by atoms with van der Waals surface area (Å²) in [7, 11) is 1.79. The van der Waals surface area contributed by atoms with Crippen LogP contribution in [-0.2, 0) is 4.74 Å². The number of nitrogens with one attached hydrogen (secondary N) is 1. The van der Waals surface area contributed by atoms with Gasteiger partial charge in [-0.1, -0.05) is 6.92 Å². The molecule has 1 saturated heterocycles. The topological polar surface area (TPSA) is 24.5 Å². The van der Waals surface area contributed by atoms with Crippen molar-refractivity contribution in [1.82, 2.24) is 10.2 Å². The van der Waals surface area contributed by atoms with Gasteiger partial charge in [-0.3, -0.25) is 0 Å². The highest BCUT2D eigenvalue weighted by atomic mass is 16.5. The largest absolute Gasteiger partial charge is 0.385 e. The van der Waals surface area contributed by atoms with Gasteiger partial charge in [-0.05, 0) is 70.9 Å². The van der Waals surface area contributed by atoms with Crippen LogP contribution in [0.5, 0.6) is 0 Å². The zero-order chi connectivity index (χ0) is 14.4.